The second-order valence-corrected chi connectivity index (χ2v) is 10.1. The summed E-state index contributed by atoms with van der Waals surface area (Å²) >= 11 is 0. The van der Waals surface area contributed by atoms with E-state index in [-0.39, 0.29) is 29.3 Å². The fourth-order valence-electron chi connectivity index (χ4n) is 6.73. The van der Waals surface area contributed by atoms with Gasteiger partial charge in [-0.15, -0.1) is 0 Å². The van der Waals surface area contributed by atoms with Crippen LogP contribution in [0.2, 0.25) is 0 Å². The van der Waals surface area contributed by atoms with Gasteiger partial charge in [-0.1, -0.05) is 25.5 Å². The lowest BCUT2D eigenvalue weighted by molar-refractivity contribution is 0.0255. The summed E-state index contributed by atoms with van der Waals surface area (Å²) < 4.78 is 19.6. The number of carbonyl (C=O) groups excluding carboxylic acids is 1. The molecule has 1 N–H and O–H groups in total. The van der Waals surface area contributed by atoms with Crippen molar-refractivity contribution in [2.24, 2.45) is 11.8 Å². The number of nitrogens with one attached hydrogen (secondary N) is 1. The smallest absolute Gasteiger partial charge is 0.407 e. The van der Waals surface area contributed by atoms with E-state index >= 15 is 0 Å². The zero-order chi connectivity index (χ0) is 22.6. The van der Waals surface area contributed by atoms with Gasteiger partial charge in [0.1, 0.15) is 5.82 Å². The van der Waals surface area contributed by atoms with E-state index in [2.05, 4.69) is 28.1 Å². The lowest BCUT2D eigenvalue weighted by Gasteiger charge is -2.53. The van der Waals surface area contributed by atoms with Gasteiger partial charge in [0.2, 0.25) is 0 Å². The first-order valence-corrected chi connectivity index (χ1v) is 12.6. The van der Waals surface area contributed by atoms with Crippen LogP contribution in [0.5, 0.6) is 0 Å². The molecule has 2 aliphatic heterocycles. The van der Waals surface area contributed by atoms with Gasteiger partial charge in [-0.25, -0.2) is 9.18 Å². The third-order valence-corrected chi connectivity index (χ3v) is 8.32. The van der Waals surface area contributed by atoms with E-state index in [1.807, 2.05) is 6.07 Å². The van der Waals surface area contributed by atoms with Crippen molar-refractivity contribution < 1.29 is 13.9 Å². The largest absolute Gasteiger partial charge is 0.453 e. The molecule has 5 nitrogen and oxygen atoms in total. The molecule has 3 aliphatic rings. The molecule has 1 saturated carbocycles. The molecule has 4 rings (SSSR count). The summed E-state index contributed by atoms with van der Waals surface area (Å²) in [6.07, 6.45) is 7.45. The molecule has 0 aromatic heterocycles. The summed E-state index contributed by atoms with van der Waals surface area (Å²) in [5.41, 5.74) is 0.963. The maximum Gasteiger partial charge on any atom is 0.407 e. The van der Waals surface area contributed by atoms with Crippen LogP contribution in [-0.4, -0.2) is 68.3 Å². The molecular formula is C26H40FN3O2. The number of hydrogen-bond acceptors (Lipinski definition) is 4. The molecule has 1 amide bonds. The predicted molar refractivity (Wildman–Crippen MR) is 125 cm³/mol. The standard InChI is InChI=1S/C26H40FN3O2/c1-3-13-29-16-11-20(12-17-29)26(19-30-14-6-15-30,21-7-4-8-22(27)18-21)23-9-5-10-24(23)28-25(31)32-2/h4,7-8,18,20,23-24H,3,5-6,9-17,19H2,1-2H3,(H,28,31)/t23-,24-,26?/m0/s1. The summed E-state index contributed by atoms with van der Waals surface area (Å²) in [5, 5.41) is 3.16. The van der Waals surface area contributed by atoms with Crippen molar-refractivity contribution in [1.82, 2.24) is 15.1 Å². The van der Waals surface area contributed by atoms with Gasteiger partial charge in [0.25, 0.3) is 0 Å². The van der Waals surface area contributed by atoms with Crippen LogP contribution in [0.4, 0.5) is 9.18 Å². The Balaban J connectivity index is 1.73. The number of amides is 1. The van der Waals surface area contributed by atoms with Gasteiger partial charge in [0.15, 0.2) is 0 Å². The number of methoxy groups -OCH3 is 1. The van der Waals surface area contributed by atoms with Crippen molar-refractivity contribution in [3.8, 4) is 0 Å². The second-order valence-electron chi connectivity index (χ2n) is 10.1. The Morgan fingerprint density at radius 2 is 1.91 bits per heavy atom. The van der Waals surface area contributed by atoms with Crippen LogP contribution < -0.4 is 5.32 Å². The Kier molecular flexibility index (Phi) is 7.72. The zero-order valence-electron chi connectivity index (χ0n) is 19.8. The first kappa shape index (κ1) is 23.5. The average molecular weight is 446 g/mol. The van der Waals surface area contributed by atoms with Gasteiger partial charge in [-0.05, 0) is 101 Å². The zero-order valence-corrected chi connectivity index (χ0v) is 19.8. The van der Waals surface area contributed by atoms with Gasteiger partial charge in [-0.2, -0.15) is 0 Å². The minimum absolute atomic E-state index is 0.0701. The molecule has 178 valence electrons. The molecule has 3 fully saturated rings. The maximum absolute atomic E-state index is 14.6. The van der Waals surface area contributed by atoms with Gasteiger partial charge in [0, 0.05) is 18.0 Å². The average Bonchev–Trinajstić information content (AvgIpc) is 3.22. The van der Waals surface area contributed by atoms with Crippen LogP contribution in [0.25, 0.3) is 0 Å². The van der Waals surface area contributed by atoms with E-state index in [0.29, 0.717) is 5.92 Å². The highest BCUT2D eigenvalue weighted by Crippen LogP contribution is 2.51. The molecule has 1 unspecified atom stereocenters. The Hall–Kier alpha value is -1.66. The van der Waals surface area contributed by atoms with E-state index in [9.17, 15) is 9.18 Å². The quantitative estimate of drug-likeness (QED) is 0.644. The summed E-state index contributed by atoms with van der Waals surface area (Å²) in [4.78, 5) is 17.3. The monoisotopic (exact) mass is 445 g/mol. The van der Waals surface area contributed by atoms with Crippen LogP contribution in [0.1, 0.15) is 57.4 Å². The first-order valence-electron chi connectivity index (χ1n) is 12.6. The van der Waals surface area contributed by atoms with Crippen LogP contribution in [0.3, 0.4) is 0 Å². The van der Waals surface area contributed by atoms with Gasteiger partial charge >= 0.3 is 6.09 Å². The molecule has 32 heavy (non-hydrogen) atoms. The van der Waals surface area contributed by atoms with Gasteiger partial charge in [0.05, 0.1) is 7.11 Å². The fraction of sp³-hybridized carbons (Fsp3) is 0.731. The molecule has 1 aromatic carbocycles. The molecule has 3 atom stereocenters. The number of hydrogen-bond donors (Lipinski definition) is 1. The number of nitrogens with zero attached hydrogens (tertiary/aromatic N) is 2. The molecule has 2 heterocycles. The Morgan fingerprint density at radius 1 is 1.12 bits per heavy atom. The van der Waals surface area contributed by atoms with Crippen LogP contribution in [-0.2, 0) is 10.2 Å². The number of alkyl carbamates (subject to hydrolysis) is 1. The summed E-state index contributed by atoms with van der Waals surface area (Å²) in [6.45, 7) is 8.81. The third kappa shape index (κ3) is 4.81. The van der Waals surface area contributed by atoms with Crippen LogP contribution in [0.15, 0.2) is 24.3 Å². The Morgan fingerprint density at radius 3 is 2.53 bits per heavy atom. The highest BCUT2D eigenvalue weighted by molar-refractivity contribution is 5.67. The van der Waals surface area contributed by atoms with Gasteiger partial charge < -0.3 is 19.9 Å². The minimum atomic E-state index is -0.350. The molecule has 6 heteroatoms. The van der Waals surface area contributed by atoms with E-state index in [1.165, 1.54) is 20.0 Å². The molecule has 0 bridgehead atoms. The number of likely N-dealkylation sites (tertiary alicyclic amines) is 2. The minimum Gasteiger partial charge on any atom is -0.453 e. The van der Waals surface area contributed by atoms with E-state index < -0.39 is 0 Å². The number of piperidine rings is 1. The molecule has 2 saturated heterocycles. The molecule has 0 radical (unpaired) electrons. The number of carbonyl (C=O) groups is 1. The second kappa shape index (κ2) is 10.5. The molecular weight excluding hydrogens is 405 g/mol. The predicted octanol–water partition coefficient (Wildman–Crippen LogP) is 4.42. The molecule has 1 aromatic rings. The lowest BCUT2D eigenvalue weighted by Crippen LogP contribution is -2.59. The topological polar surface area (TPSA) is 44.8 Å². The summed E-state index contributed by atoms with van der Waals surface area (Å²) in [6, 6.07) is 7.43. The fourth-order valence-corrected chi connectivity index (χ4v) is 6.73. The summed E-state index contributed by atoms with van der Waals surface area (Å²) in [7, 11) is 1.43. The third-order valence-electron chi connectivity index (χ3n) is 8.32. The Bertz CT molecular complexity index is 763. The normalized spacial score (nSPS) is 27.0. The van der Waals surface area contributed by atoms with Gasteiger partial charge in [-0.3, -0.25) is 0 Å². The molecule has 0 spiro atoms. The maximum atomic E-state index is 14.6. The highest BCUT2D eigenvalue weighted by atomic mass is 19.1. The number of rotatable bonds is 8. The van der Waals surface area contributed by atoms with Crippen molar-refractivity contribution in [2.45, 2.75) is 63.3 Å². The van der Waals surface area contributed by atoms with Crippen molar-refractivity contribution >= 4 is 6.09 Å². The highest BCUT2D eigenvalue weighted by Gasteiger charge is 2.53. The van der Waals surface area contributed by atoms with Crippen molar-refractivity contribution in [3.63, 3.8) is 0 Å². The van der Waals surface area contributed by atoms with Crippen LogP contribution in [0, 0.1) is 17.7 Å². The van der Waals surface area contributed by atoms with Crippen molar-refractivity contribution in [2.75, 3.05) is 46.4 Å². The van der Waals surface area contributed by atoms with E-state index in [1.54, 1.807) is 12.1 Å². The van der Waals surface area contributed by atoms with Crippen molar-refractivity contribution in [1.29, 1.82) is 0 Å². The summed E-state index contributed by atoms with van der Waals surface area (Å²) in [5.74, 6) is 0.601. The number of ether oxygens (including phenoxy) is 1. The number of benzene rings is 1. The first-order chi connectivity index (χ1) is 15.6. The number of halogens is 1. The SMILES string of the molecule is CCCN1CCC(C(CN2CCC2)(c2cccc(F)c2)[C@H]2CCC[C@@H]2NC(=O)OC)CC1. The van der Waals surface area contributed by atoms with E-state index in [4.69, 9.17) is 4.74 Å². The van der Waals surface area contributed by atoms with E-state index in [0.717, 1.165) is 76.9 Å². The molecule has 1 aliphatic carbocycles. The Labute approximate surface area is 192 Å². The van der Waals surface area contributed by atoms with Crippen molar-refractivity contribution in [3.05, 3.63) is 35.6 Å². The van der Waals surface area contributed by atoms with Crippen LogP contribution >= 0.6 is 0 Å². The lowest BCUT2D eigenvalue weighted by atomic mass is 9.57.